The summed E-state index contributed by atoms with van der Waals surface area (Å²) in [6.45, 7) is 2.79. The number of hydrogen-bond donors (Lipinski definition) is 3. The van der Waals surface area contributed by atoms with Crippen molar-refractivity contribution in [2.75, 3.05) is 5.32 Å². The Bertz CT molecular complexity index is 1470. The number of carbonyl (C=O) groups is 2. The van der Waals surface area contributed by atoms with Crippen LogP contribution in [0.15, 0.2) is 66.7 Å². The van der Waals surface area contributed by atoms with E-state index in [0.717, 1.165) is 78.5 Å². The van der Waals surface area contributed by atoms with E-state index >= 15 is 0 Å². The molecule has 0 saturated heterocycles. The summed E-state index contributed by atoms with van der Waals surface area (Å²) in [5.74, 6) is 1.29. The molecular weight excluding hydrogens is 504 g/mol. The Morgan fingerprint density at radius 1 is 1.00 bits per heavy atom. The van der Waals surface area contributed by atoms with Crippen LogP contribution in [0.1, 0.15) is 63.3 Å². The van der Waals surface area contributed by atoms with Gasteiger partial charge in [-0.05, 0) is 48.6 Å². The van der Waals surface area contributed by atoms with Crippen molar-refractivity contribution in [2.45, 2.75) is 70.9 Å². The van der Waals surface area contributed by atoms with Crippen LogP contribution in [-0.2, 0) is 13.0 Å². The maximum absolute atomic E-state index is 12.8. The van der Waals surface area contributed by atoms with Gasteiger partial charge in [0.25, 0.3) is 0 Å². The Morgan fingerprint density at radius 2 is 1.77 bits per heavy atom. The monoisotopic (exact) mass is 540 g/mol. The Balaban J connectivity index is 1.39. The van der Waals surface area contributed by atoms with Gasteiger partial charge in [0.05, 0.1) is 11.2 Å². The SMILES string of the molecule is CCCCc1nc2c(NC(=O)NC3CCCCC3)cccc2n1Cc1ccc(-c2ccccc2OC(=O)O)cc1. The molecule has 0 radical (unpaired) electrons. The van der Waals surface area contributed by atoms with E-state index in [-0.39, 0.29) is 12.1 Å². The second-order valence-corrected chi connectivity index (χ2v) is 10.4. The predicted molar refractivity (Wildman–Crippen MR) is 157 cm³/mol. The van der Waals surface area contributed by atoms with Crippen LogP contribution in [0.3, 0.4) is 0 Å². The number of fused-ring (bicyclic) bond motifs is 1. The summed E-state index contributed by atoms with van der Waals surface area (Å²) in [6, 6.07) is 21.1. The van der Waals surface area contributed by atoms with Crippen LogP contribution in [-0.4, -0.2) is 32.9 Å². The molecule has 1 aliphatic rings. The average Bonchev–Trinajstić information content (AvgIpc) is 3.31. The zero-order chi connectivity index (χ0) is 27.9. The molecule has 0 aliphatic heterocycles. The average molecular weight is 541 g/mol. The Kier molecular flexibility index (Phi) is 8.64. The zero-order valence-electron chi connectivity index (χ0n) is 22.9. The topological polar surface area (TPSA) is 105 Å². The number of anilines is 1. The molecule has 0 spiro atoms. The van der Waals surface area contributed by atoms with E-state index in [1.807, 2.05) is 48.5 Å². The van der Waals surface area contributed by atoms with Crippen LogP contribution < -0.4 is 15.4 Å². The number of aromatic nitrogens is 2. The Morgan fingerprint density at radius 3 is 2.52 bits per heavy atom. The highest BCUT2D eigenvalue weighted by Gasteiger charge is 2.19. The first-order chi connectivity index (χ1) is 19.5. The van der Waals surface area contributed by atoms with Gasteiger partial charge in [0, 0.05) is 24.6 Å². The lowest BCUT2D eigenvalue weighted by molar-refractivity contribution is 0.144. The fourth-order valence-corrected chi connectivity index (χ4v) is 5.45. The molecule has 1 saturated carbocycles. The highest BCUT2D eigenvalue weighted by molar-refractivity contribution is 5.99. The zero-order valence-corrected chi connectivity index (χ0v) is 22.9. The van der Waals surface area contributed by atoms with Gasteiger partial charge in [0.1, 0.15) is 17.1 Å². The van der Waals surface area contributed by atoms with Crippen molar-refractivity contribution in [3.8, 4) is 16.9 Å². The number of carboxylic acid groups (broad SMARTS) is 1. The molecule has 8 nitrogen and oxygen atoms in total. The Hall–Kier alpha value is -4.33. The van der Waals surface area contributed by atoms with Gasteiger partial charge in [-0.25, -0.2) is 14.6 Å². The van der Waals surface area contributed by atoms with Crippen LogP contribution in [0.5, 0.6) is 5.75 Å². The molecule has 3 N–H and O–H groups in total. The fraction of sp³-hybridized carbons (Fsp3) is 0.344. The summed E-state index contributed by atoms with van der Waals surface area (Å²) in [4.78, 5) is 28.9. The Labute approximate surface area is 234 Å². The number of para-hydroxylation sites is 2. The molecule has 4 aromatic rings. The number of hydrogen-bond acceptors (Lipinski definition) is 4. The van der Waals surface area contributed by atoms with Crippen LogP contribution in [0, 0.1) is 0 Å². The highest BCUT2D eigenvalue weighted by atomic mass is 16.7. The minimum Gasteiger partial charge on any atom is -0.449 e. The lowest BCUT2D eigenvalue weighted by atomic mass is 9.96. The summed E-state index contributed by atoms with van der Waals surface area (Å²) < 4.78 is 7.20. The first-order valence-electron chi connectivity index (χ1n) is 14.2. The molecule has 5 rings (SSSR count). The second-order valence-electron chi connectivity index (χ2n) is 10.4. The van der Waals surface area contributed by atoms with E-state index in [1.54, 1.807) is 12.1 Å². The number of rotatable bonds is 9. The number of imidazole rings is 1. The van der Waals surface area contributed by atoms with Crippen LogP contribution >= 0.6 is 0 Å². The number of nitrogens with zero attached hydrogens (tertiary/aromatic N) is 2. The number of amides is 2. The van der Waals surface area contributed by atoms with Crippen LogP contribution in [0.4, 0.5) is 15.3 Å². The van der Waals surface area contributed by atoms with Crippen molar-refractivity contribution < 1.29 is 19.4 Å². The highest BCUT2D eigenvalue weighted by Crippen LogP contribution is 2.31. The third kappa shape index (κ3) is 6.45. The van der Waals surface area contributed by atoms with Crippen molar-refractivity contribution in [3.63, 3.8) is 0 Å². The van der Waals surface area contributed by atoms with Crippen molar-refractivity contribution >= 4 is 28.9 Å². The van der Waals surface area contributed by atoms with Crippen LogP contribution in [0.25, 0.3) is 22.2 Å². The number of urea groups is 1. The number of nitrogens with one attached hydrogen (secondary N) is 2. The van der Waals surface area contributed by atoms with Crippen molar-refractivity contribution in [1.29, 1.82) is 0 Å². The molecule has 8 heteroatoms. The van der Waals surface area contributed by atoms with Gasteiger partial charge < -0.3 is 25.0 Å². The third-order valence-electron chi connectivity index (χ3n) is 7.49. The van der Waals surface area contributed by atoms with Gasteiger partial charge in [0.15, 0.2) is 0 Å². The number of unbranched alkanes of at least 4 members (excludes halogenated alkanes) is 1. The summed E-state index contributed by atoms with van der Waals surface area (Å²) in [5.41, 5.74) is 5.17. The van der Waals surface area contributed by atoms with E-state index in [9.17, 15) is 9.59 Å². The first-order valence-corrected chi connectivity index (χ1v) is 14.2. The van der Waals surface area contributed by atoms with Gasteiger partial charge in [-0.3, -0.25) is 0 Å². The number of aryl methyl sites for hydroxylation is 1. The maximum Gasteiger partial charge on any atom is 0.511 e. The van der Waals surface area contributed by atoms with Crippen LogP contribution in [0.2, 0.25) is 0 Å². The van der Waals surface area contributed by atoms with E-state index in [0.29, 0.717) is 18.0 Å². The standard InChI is InChI=1S/C32H36N4O4/c1-2-3-16-29-35-30-26(34-31(37)33-24-10-5-4-6-11-24)13-9-14-27(30)36(29)21-22-17-19-23(20-18-22)25-12-7-8-15-28(25)40-32(38)39/h7-9,12-15,17-20,24H,2-6,10-11,16,21H2,1H3,(H,38,39)(H2,33,34,37). The molecule has 1 fully saturated rings. The molecule has 208 valence electrons. The van der Waals surface area contributed by atoms with Crippen molar-refractivity contribution in [2.24, 2.45) is 0 Å². The fourth-order valence-electron chi connectivity index (χ4n) is 5.45. The molecule has 1 aromatic heterocycles. The normalized spacial score (nSPS) is 13.7. The summed E-state index contributed by atoms with van der Waals surface area (Å²) in [6.07, 6.45) is 7.22. The van der Waals surface area contributed by atoms with E-state index in [1.165, 1.54) is 6.42 Å². The maximum atomic E-state index is 12.8. The predicted octanol–water partition coefficient (Wildman–Crippen LogP) is 7.61. The lowest BCUT2D eigenvalue weighted by Gasteiger charge is -2.22. The first kappa shape index (κ1) is 27.2. The summed E-state index contributed by atoms with van der Waals surface area (Å²) in [5, 5.41) is 15.3. The van der Waals surface area contributed by atoms with Crippen molar-refractivity contribution in [3.05, 3.63) is 78.1 Å². The number of ether oxygens (including phenoxy) is 1. The molecule has 0 bridgehead atoms. The van der Waals surface area contributed by atoms with Gasteiger partial charge in [-0.2, -0.15) is 0 Å². The smallest absolute Gasteiger partial charge is 0.449 e. The van der Waals surface area contributed by atoms with E-state index in [2.05, 4.69) is 28.2 Å². The van der Waals surface area contributed by atoms with Gasteiger partial charge >= 0.3 is 12.2 Å². The lowest BCUT2D eigenvalue weighted by Crippen LogP contribution is -2.39. The molecular formula is C32H36N4O4. The molecule has 2 amide bonds. The minimum atomic E-state index is -1.34. The van der Waals surface area contributed by atoms with E-state index in [4.69, 9.17) is 14.8 Å². The molecule has 3 aromatic carbocycles. The number of benzene rings is 3. The molecule has 0 atom stereocenters. The largest absolute Gasteiger partial charge is 0.511 e. The molecule has 1 aliphatic carbocycles. The summed E-state index contributed by atoms with van der Waals surface area (Å²) in [7, 11) is 0. The van der Waals surface area contributed by atoms with Crippen molar-refractivity contribution in [1.82, 2.24) is 14.9 Å². The molecule has 0 unspecified atom stereocenters. The number of carbonyl (C=O) groups excluding carboxylic acids is 1. The molecule has 40 heavy (non-hydrogen) atoms. The summed E-state index contributed by atoms with van der Waals surface area (Å²) >= 11 is 0. The minimum absolute atomic E-state index is 0.174. The van der Waals surface area contributed by atoms with E-state index < -0.39 is 6.16 Å². The van der Waals surface area contributed by atoms with Gasteiger partial charge in [-0.15, -0.1) is 0 Å². The second kappa shape index (κ2) is 12.7. The van der Waals surface area contributed by atoms with Gasteiger partial charge in [0.2, 0.25) is 0 Å². The quantitative estimate of drug-likeness (QED) is 0.150. The van der Waals surface area contributed by atoms with Gasteiger partial charge in [-0.1, -0.05) is 81.1 Å². The molecule has 1 heterocycles. The third-order valence-corrected chi connectivity index (χ3v) is 7.49.